The summed E-state index contributed by atoms with van der Waals surface area (Å²) in [5, 5.41) is 13.9. The van der Waals surface area contributed by atoms with E-state index in [1.807, 2.05) is 30.3 Å². The summed E-state index contributed by atoms with van der Waals surface area (Å²) in [5.74, 6) is 1.04. The minimum Gasteiger partial charge on any atom is -0.508 e. The third kappa shape index (κ3) is 3.24. The Morgan fingerprint density at radius 1 is 1.08 bits per heavy atom. The molecule has 0 bridgehead atoms. The summed E-state index contributed by atoms with van der Waals surface area (Å²) in [6.45, 7) is 2.12. The van der Waals surface area contributed by atoms with Gasteiger partial charge in [-0.1, -0.05) is 18.2 Å². The highest BCUT2D eigenvalue weighted by Gasteiger charge is 2.14. The van der Waals surface area contributed by atoms with Crippen molar-refractivity contribution < 1.29 is 5.11 Å². The normalized spacial score (nSPS) is 12.2. The molecule has 5 nitrogen and oxygen atoms in total. The van der Waals surface area contributed by atoms with E-state index < -0.39 is 0 Å². The third-order valence-corrected chi connectivity index (χ3v) is 5.31. The quantitative estimate of drug-likeness (QED) is 0.374. The maximum absolute atomic E-state index is 9.47. The molecule has 2 aromatic heterocycles. The number of rotatable bonds is 4. The van der Waals surface area contributed by atoms with Gasteiger partial charge in [-0.05, 0) is 77.0 Å². The number of phenols is 1. The van der Waals surface area contributed by atoms with Gasteiger partial charge in [0.05, 0.1) is 11.4 Å². The zero-order valence-corrected chi connectivity index (χ0v) is 16.2. The van der Waals surface area contributed by atoms with Crippen molar-refractivity contribution in [3.05, 3.63) is 70.1 Å². The highest BCUT2D eigenvalue weighted by Crippen LogP contribution is 2.30. The van der Waals surface area contributed by atoms with E-state index in [2.05, 4.69) is 61.9 Å². The summed E-state index contributed by atoms with van der Waals surface area (Å²) >= 11 is 2.35. The molecule has 130 valence electrons. The molecule has 0 aliphatic carbocycles. The second-order valence-electron chi connectivity index (χ2n) is 6.10. The number of nitrogens with zero attached hydrogens (tertiary/aromatic N) is 2. The van der Waals surface area contributed by atoms with E-state index in [9.17, 15) is 5.11 Å². The lowest BCUT2D eigenvalue weighted by molar-refractivity contribution is 0.475. The first-order valence-electron chi connectivity index (χ1n) is 8.26. The number of aromatic amines is 1. The van der Waals surface area contributed by atoms with Gasteiger partial charge in [0.2, 0.25) is 0 Å². The van der Waals surface area contributed by atoms with Gasteiger partial charge in [0.25, 0.3) is 0 Å². The van der Waals surface area contributed by atoms with Crippen LogP contribution >= 0.6 is 22.6 Å². The smallest absolute Gasteiger partial charge is 0.143 e. The average Bonchev–Trinajstić information content (AvgIpc) is 3.08. The van der Waals surface area contributed by atoms with E-state index in [-0.39, 0.29) is 11.8 Å². The van der Waals surface area contributed by atoms with Crippen LogP contribution < -0.4 is 5.32 Å². The molecule has 6 heteroatoms. The number of nitrogens with one attached hydrogen (secondary N) is 2. The molecular formula is C20H17IN4O. The van der Waals surface area contributed by atoms with Crippen molar-refractivity contribution in [3.8, 4) is 17.0 Å². The Morgan fingerprint density at radius 2 is 1.85 bits per heavy atom. The Morgan fingerprint density at radius 3 is 2.62 bits per heavy atom. The zero-order valence-electron chi connectivity index (χ0n) is 14.1. The van der Waals surface area contributed by atoms with E-state index in [1.54, 1.807) is 18.5 Å². The van der Waals surface area contributed by atoms with Gasteiger partial charge in [-0.25, -0.2) is 9.97 Å². The molecule has 4 rings (SSSR count). The molecule has 3 N–H and O–H groups in total. The van der Waals surface area contributed by atoms with Crippen LogP contribution in [0.25, 0.3) is 22.3 Å². The molecule has 0 saturated carbocycles. The summed E-state index contributed by atoms with van der Waals surface area (Å²) in [4.78, 5) is 12.1. The van der Waals surface area contributed by atoms with Crippen LogP contribution in [0.4, 0.5) is 5.82 Å². The molecule has 0 spiro atoms. The first kappa shape index (κ1) is 16.8. The fourth-order valence-corrected chi connectivity index (χ4v) is 3.81. The molecule has 0 aliphatic heterocycles. The number of hydrogen-bond acceptors (Lipinski definition) is 4. The zero-order chi connectivity index (χ0) is 18.1. The fraction of sp³-hybridized carbons (Fsp3) is 0.100. The molecule has 0 aliphatic rings. The van der Waals surface area contributed by atoms with Crippen LogP contribution in [-0.4, -0.2) is 20.1 Å². The number of fused-ring (bicyclic) bond motifs is 1. The molecule has 26 heavy (non-hydrogen) atoms. The highest BCUT2D eigenvalue weighted by atomic mass is 127. The van der Waals surface area contributed by atoms with Gasteiger partial charge in [0.1, 0.15) is 23.5 Å². The Labute approximate surface area is 164 Å². The summed E-state index contributed by atoms with van der Waals surface area (Å²) in [6.07, 6.45) is 1.56. The fourth-order valence-electron chi connectivity index (χ4n) is 2.96. The van der Waals surface area contributed by atoms with Crippen LogP contribution in [0, 0.1) is 3.57 Å². The van der Waals surface area contributed by atoms with Crippen molar-refractivity contribution in [1.82, 2.24) is 15.0 Å². The summed E-state index contributed by atoms with van der Waals surface area (Å²) in [7, 11) is 0. The van der Waals surface area contributed by atoms with E-state index >= 15 is 0 Å². The molecule has 1 unspecified atom stereocenters. The molecule has 0 amide bonds. The van der Waals surface area contributed by atoms with Crippen LogP contribution in [0.2, 0.25) is 0 Å². The SMILES string of the molecule is CC(Nc1ncnc2[nH]c(-c3ccc(O)cc3)cc12)c1ccccc1I. The van der Waals surface area contributed by atoms with E-state index in [4.69, 9.17) is 0 Å². The molecule has 2 aromatic carbocycles. The van der Waals surface area contributed by atoms with Gasteiger partial charge in [0, 0.05) is 9.26 Å². The lowest BCUT2D eigenvalue weighted by Gasteiger charge is -2.16. The average molecular weight is 456 g/mol. The molecule has 1 atom stereocenters. The number of halogens is 1. The highest BCUT2D eigenvalue weighted by molar-refractivity contribution is 14.1. The van der Waals surface area contributed by atoms with E-state index in [1.165, 1.54) is 9.13 Å². The van der Waals surface area contributed by atoms with E-state index in [0.717, 1.165) is 28.1 Å². The maximum atomic E-state index is 9.47. The van der Waals surface area contributed by atoms with Crippen LogP contribution in [0.5, 0.6) is 5.75 Å². The Hall–Kier alpha value is -2.61. The van der Waals surface area contributed by atoms with Crippen molar-refractivity contribution in [2.45, 2.75) is 13.0 Å². The monoisotopic (exact) mass is 456 g/mol. The topological polar surface area (TPSA) is 73.8 Å². The summed E-state index contributed by atoms with van der Waals surface area (Å²) in [6, 6.07) is 17.5. The van der Waals surface area contributed by atoms with Gasteiger partial charge in [0.15, 0.2) is 0 Å². The van der Waals surface area contributed by atoms with Crippen LogP contribution in [0.3, 0.4) is 0 Å². The molecular weight excluding hydrogens is 439 g/mol. The van der Waals surface area contributed by atoms with Crippen molar-refractivity contribution >= 4 is 39.4 Å². The molecule has 0 saturated heterocycles. The minimum atomic E-state index is 0.119. The molecule has 0 fully saturated rings. The number of hydrogen-bond donors (Lipinski definition) is 3. The van der Waals surface area contributed by atoms with Gasteiger partial charge in [-0.2, -0.15) is 0 Å². The number of benzene rings is 2. The largest absolute Gasteiger partial charge is 0.508 e. The predicted molar refractivity (Wildman–Crippen MR) is 112 cm³/mol. The van der Waals surface area contributed by atoms with Crippen molar-refractivity contribution in [2.75, 3.05) is 5.32 Å². The maximum Gasteiger partial charge on any atom is 0.143 e. The summed E-state index contributed by atoms with van der Waals surface area (Å²) in [5.41, 5.74) is 3.93. The Bertz CT molecular complexity index is 1060. The first-order valence-corrected chi connectivity index (χ1v) is 9.34. The Balaban J connectivity index is 1.70. The third-order valence-electron chi connectivity index (χ3n) is 4.33. The van der Waals surface area contributed by atoms with Gasteiger partial charge >= 0.3 is 0 Å². The number of H-pyrrole nitrogens is 1. The van der Waals surface area contributed by atoms with Gasteiger partial charge in [-0.3, -0.25) is 0 Å². The van der Waals surface area contributed by atoms with Crippen molar-refractivity contribution in [1.29, 1.82) is 0 Å². The minimum absolute atomic E-state index is 0.119. The second-order valence-corrected chi connectivity index (χ2v) is 7.26. The first-order chi connectivity index (χ1) is 12.6. The Kier molecular flexibility index (Phi) is 4.50. The molecule has 4 aromatic rings. The molecule has 0 radical (unpaired) electrons. The number of aromatic nitrogens is 3. The van der Waals surface area contributed by atoms with Crippen molar-refractivity contribution in [3.63, 3.8) is 0 Å². The summed E-state index contributed by atoms with van der Waals surface area (Å²) < 4.78 is 1.22. The standard InChI is InChI=1S/C20H17IN4O/c1-12(15-4-2-3-5-17(15)21)24-19-16-10-18(25-20(16)23-11-22-19)13-6-8-14(26)9-7-13/h2-12,26H,1H3,(H2,22,23,24,25). The lowest BCUT2D eigenvalue weighted by Crippen LogP contribution is -2.09. The van der Waals surface area contributed by atoms with Crippen molar-refractivity contribution in [2.24, 2.45) is 0 Å². The number of aromatic hydroxyl groups is 1. The number of anilines is 1. The predicted octanol–water partition coefficient (Wildman–Crippen LogP) is 5.11. The van der Waals surface area contributed by atoms with Crippen LogP contribution in [-0.2, 0) is 0 Å². The molecule has 2 heterocycles. The van der Waals surface area contributed by atoms with E-state index in [0.29, 0.717) is 0 Å². The van der Waals surface area contributed by atoms with Gasteiger partial charge < -0.3 is 15.4 Å². The van der Waals surface area contributed by atoms with Crippen LogP contribution in [0.1, 0.15) is 18.5 Å². The number of phenolic OH excluding ortho intramolecular Hbond substituents is 1. The van der Waals surface area contributed by atoms with Gasteiger partial charge in [-0.15, -0.1) is 0 Å². The van der Waals surface area contributed by atoms with Crippen LogP contribution in [0.15, 0.2) is 60.9 Å². The lowest BCUT2D eigenvalue weighted by atomic mass is 10.1. The second kappa shape index (κ2) is 6.95.